The van der Waals surface area contributed by atoms with Crippen LogP contribution < -0.4 is 0 Å². The minimum absolute atomic E-state index is 0.0360. The quantitative estimate of drug-likeness (QED) is 0.180. The van der Waals surface area contributed by atoms with E-state index in [1.165, 1.54) is 14.2 Å². The number of alkyl halides is 1. The van der Waals surface area contributed by atoms with E-state index < -0.39 is 102 Å². The number of ether oxygens (including phenoxy) is 4. The lowest BCUT2D eigenvalue weighted by molar-refractivity contribution is -0.302. The van der Waals surface area contributed by atoms with Gasteiger partial charge in [0.15, 0.2) is 0 Å². The number of halogens is 1. The van der Waals surface area contributed by atoms with Gasteiger partial charge >= 0.3 is 5.97 Å². The maximum atomic E-state index is 16.2. The molecule has 0 aromatic carbocycles. The second kappa shape index (κ2) is 19.9. The molecular formula is C42H66FNO12. The molecule has 13 nitrogen and oxygen atoms in total. The van der Waals surface area contributed by atoms with Crippen molar-refractivity contribution in [3.63, 3.8) is 0 Å². The van der Waals surface area contributed by atoms with Gasteiger partial charge in [0.05, 0.1) is 30.5 Å². The molecule has 0 aromatic heterocycles. The van der Waals surface area contributed by atoms with Gasteiger partial charge in [0.25, 0.3) is 11.7 Å². The molecule has 1 aliphatic carbocycles. The fourth-order valence-electron chi connectivity index (χ4n) is 9.06. The van der Waals surface area contributed by atoms with Crippen molar-refractivity contribution in [3.8, 4) is 0 Å². The Morgan fingerprint density at radius 3 is 2.25 bits per heavy atom. The minimum atomic E-state index is -2.61. The first kappa shape index (κ1) is 46.1. The number of cyclic esters (lactones) is 1. The van der Waals surface area contributed by atoms with Crippen molar-refractivity contribution in [2.24, 2.45) is 29.6 Å². The van der Waals surface area contributed by atoms with E-state index >= 15 is 4.39 Å². The van der Waals surface area contributed by atoms with Crippen LogP contribution in [0.4, 0.5) is 4.39 Å². The number of piperidine rings is 1. The standard InChI is InChI=1S/C42H66FNO12/c1-9-28-17-22(2)36(43)23(3)18-34(53-7)38-35(54-8)19-25(5)42(52,56-38)39(49)40(50)44-15-11-10-12-29(44)41(51)55-37(26(6)31(46)21-32(28)47)24(4)16-27-13-14-30(45)33(48)20-27/h16-17,23,25-31,33-38,45-46,48,52H,9-15,18-21H2,1-8H3/b22-17+,24-16?. The first-order valence-electron chi connectivity index (χ1n) is 20.5. The molecule has 0 aromatic rings. The minimum Gasteiger partial charge on any atom is -0.456 e. The summed E-state index contributed by atoms with van der Waals surface area (Å²) in [5.41, 5.74) is 0.873. The lowest BCUT2D eigenvalue weighted by atomic mass is 9.81. The van der Waals surface area contributed by atoms with Crippen LogP contribution in [-0.2, 0) is 38.1 Å². The zero-order valence-corrected chi connectivity index (χ0v) is 34.4. The number of methoxy groups -OCH3 is 2. The van der Waals surface area contributed by atoms with Crippen LogP contribution in [-0.4, -0.2) is 130 Å². The van der Waals surface area contributed by atoms with Gasteiger partial charge in [-0.3, -0.25) is 14.4 Å². The Labute approximate surface area is 331 Å². The first-order chi connectivity index (χ1) is 26.4. The highest BCUT2D eigenvalue weighted by molar-refractivity contribution is 6.39. The third-order valence-corrected chi connectivity index (χ3v) is 12.8. The van der Waals surface area contributed by atoms with Crippen LogP contribution in [0.5, 0.6) is 0 Å². The third-order valence-electron chi connectivity index (χ3n) is 12.8. The number of carbonyl (C=O) groups is 4. The van der Waals surface area contributed by atoms with E-state index in [9.17, 15) is 39.6 Å². The maximum Gasteiger partial charge on any atom is 0.329 e. The molecule has 4 N–H and O–H groups in total. The molecule has 318 valence electrons. The number of amides is 1. The molecule has 3 heterocycles. The highest BCUT2D eigenvalue weighted by atomic mass is 19.1. The summed E-state index contributed by atoms with van der Waals surface area (Å²) in [6.45, 7) is 10.1. The molecule has 2 bridgehead atoms. The van der Waals surface area contributed by atoms with Crippen molar-refractivity contribution in [1.82, 2.24) is 4.90 Å². The summed E-state index contributed by atoms with van der Waals surface area (Å²) < 4.78 is 40.0. The largest absolute Gasteiger partial charge is 0.456 e. The number of esters is 1. The summed E-state index contributed by atoms with van der Waals surface area (Å²) in [6, 6.07) is -1.20. The van der Waals surface area contributed by atoms with Gasteiger partial charge in [-0.1, -0.05) is 39.8 Å². The molecule has 3 aliphatic heterocycles. The van der Waals surface area contributed by atoms with Crippen LogP contribution in [0, 0.1) is 29.6 Å². The van der Waals surface area contributed by atoms with Crippen LogP contribution >= 0.6 is 0 Å². The molecule has 0 spiro atoms. The van der Waals surface area contributed by atoms with Crippen LogP contribution in [0.25, 0.3) is 0 Å². The summed E-state index contributed by atoms with van der Waals surface area (Å²) in [5, 5.41) is 44.0. The summed E-state index contributed by atoms with van der Waals surface area (Å²) in [7, 11) is 2.86. The molecule has 3 fully saturated rings. The zero-order valence-electron chi connectivity index (χ0n) is 34.4. The van der Waals surface area contributed by atoms with Gasteiger partial charge in [0.1, 0.15) is 30.2 Å². The average Bonchev–Trinajstić information content (AvgIpc) is 3.18. The van der Waals surface area contributed by atoms with Gasteiger partial charge < -0.3 is 44.3 Å². The molecule has 0 radical (unpaired) electrons. The number of hydrogen-bond donors (Lipinski definition) is 4. The molecule has 1 amide bonds. The number of nitrogens with zero attached hydrogens (tertiary/aromatic N) is 1. The Kier molecular flexibility index (Phi) is 16.4. The lowest BCUT2D eigenvalue weighted by Crippen LogP contribution is -2.64. The molecule has 2 saturated heterocycles. The van der Waals surface area contributed by atoms with Crippen LogP contribution in [0.1, 0.15) is 106 Å². The fourth-order valence-corrected chi connectivity index (χ4v) is 9.06. The van der Waals surface area contributed by atoms with E-state index in [0.717, 1.165) is 4.90 Å². The van der Waals surface area contributed by atoms with E-state index in [2.05, 4.69) is 0 Å². The Balaban J connectivity index is 1.79. The van der Waals surface area contributed by atoms with E-state index in [1.807, 2.05) is 6.08 Å². The molecule has 15 atom stereocenters. The van der Waals surface area contributed by atoms with Gasteiger partial charge in [-0.2, -0.15) is 0 Å². The van der Waals surface area contributed by atoms with Crippen LogP contribution in [0.3, 0.4) is 0 Å². The SMILES string of the molecule is CCC1/C=C(\C)C(F)C(C)CC(OC)C2OC(O)(C(=O)C(=O)N3CCCCC3C(=O)OC(C(C)=CC3CCC(O)C(O)C3)C(C)C(O)CC1=O)C(C)CC2OC. The molecule has 4 aliphatic rings. The highest BCUT2D eigenvalue weighted by Crippen LogP contribution is 2.39. The van der Waals surface area contributed by atoms with Crippen molar-refractivity contribution >= 4 is 23.4 Å². The van der Waals surface area contributed by atoms with Crippen LogP contribution in [0.15, 0.2) is 23.3 Å². The number of aliphatic hydroxyl groups excluding tert-OH is 3. The van der Waals surface area contributed by atoms with Gasteiger partial charge in [-0.05, 0) is 94.6 Å². The zero-order chi connectivity index (χ0) is 41.6. The number of carbonyl (C=O) groups excluding carboxylic acids is 4. The van der Waals surface area contributed by atoms with E-state index in [4.69, 9.17) is 18.9 Å². The predicted molar refractivity (Wildman–Crippen MR) is 204 cm³/mol. The van der Waals surface area contributed by atoms with Gasteiger partial charge in [0, 0.05) is 44.9 Å². The van der Waals surface area contributed by atoms with Crippen molar-refractivity contribution < 1.29 is 62.9 Å². The normalized spacial score (nSPS) is 42.9. The van der Waals surface area contributed by atoms with Gasteiger partial charge in [0.2, 0.25) is 5.79 Å². The second-order valence-corrected chi connectivity index (χ2v) is 16.9. The van der Waals surface area contributed by atoms with Gasteiger partial charge in [-0.25, -0.2) is 9.18 Å². The summed E-state index contributed by atoms with van der Waals surface area (Å²) in [4.78, 5) is 57.4. The van der Waals surface area contributed by atoms with E-state index in [1.54, 1.807) is 47.6 Å². The summed E-state index contributed by atoms with van der Waals surface area (Å²) in [6.07, 6.45) is -2.14. The Morgan fingerprint density at radius 2 is 1.62 bits per heavy atom. The monoisotopic (exact) mass is 795 g/mol. The van der Waals surface area contributed by atoms with Crippen molar-refractivity contribution in [2.75, 3.05) is 20.8 Å². The number of ketones is 2. The Hall–Kier alpha value is -2.59. The van der Waals surface area contributed by atoms with E-state index in [0.29, 0.717) is 43.3 Å². The van der Waals surface area contributed by atoms with Crippen molar-refractivity contribution in [2.45, 2.75) is 166 Å². The lowest BCUT2D eigenvalue weighted by Gasteiger charge is -2.47. The summed E-state index contributed by atoms with van der Waals surface area (Å²) in [5.74, 6) is -9.37. The molecule has 56 heavy (non-hydrogen) atoms. The molecule has 15 unspecified atom stereocenters. The number of aliphatic hydroxyl groups is 4. The Bertz CT molecular complexity index is 1450. The number of hydrogen-bond acceptors (Lipinski definition) is 12. The number of rotatable bonds is 5. The fraction of sp³-hybridized carbons (Fsp3) is 0.810. The first-order valence-corrected chi connectivity index (χ1v) is 20.5. The van der Waals surface area contributed by atoms with Crippen molar-refractivity contribution in [1.29, 1.82) is 0 Å². The number of Topliss-reactive ketones (excluding diaryl/α,β-unsaturated/α-hetero) is 2. The molecule has 14 heteroatoms. The second-order valence-electron chi connectivity index (χ2n) is 16.9. The summed E-state index contributed by atoms with van der Waals surface area (Å²) >= 11 is 0. The van der Waals surface area contributed by atoms with Gasteiger partial charge in [-0.15, -0.1) is 0 Å². The molecule has 1 saturated carbocycles. The molecule has 4 rings (SSSR count). The van der Waals surface area contributed by atoms with Crippen molar-refractivity contribution in [3.05, 3.63) is 23.3 Å². The third kappa shape index (κ3) is 10.3. The number of fused-ring (bicyclic) bond motifs is 3. The predicted octanol–water partition coefficient (Wildman–Crippen LogP) is 3.77. The highest BCUT2D eigenvalue weighted by Gasteiger charge is 2.56. The molecular weight excluding hydrogens is 729 g/mol. The maximum absolute atomic E-state index is 16.2. The topological polar surface area (TPSA) is 189 Å². The average molecular weight is 796 g/mol. The number of allylic oxidation sites excluding steroid dienone is 3. The van der Waals surface area contributed by atoms with E-state index in [-0.39, 0.29) is 50.4 Å². The van der Waals surface area contributed by atoms with Crippen LogP contribution in [0.2, 0.25) is 0 Å². The smallest absolute Gasteiger partial charge is 0.329 e. The Morgan fingerprint density at radius 1 is 0.964 bits per heavy atom.